The zero-order valence-corrected chi connectivity index (χ0v) is 13.3. The molecule has 1 saturated heterocycles. The van der Waals surface area contributed by atoms with Gasteiger partial charge in [-0.1, -0.05) is 28.1 Å². The predicted molar refractivity (Wildman–Crippen MR) is 82.4 cm³/mol. The van der Waals surface area contributed by atoms with Gasteiger partial charge in [-0.3, -0.25) is 0 Å². The van der Waals surface area contributed by atoms with Crippen molar-refractivity contribution in [3.63, 3.8) is 0 Å². The molecule has 0 aromatic heterocycles. The molecule has 1 heterocycles. The molecule has 1 aromatic carbocycles. The van der Waals surface area contributed by atoms with E-state index >= 15 is 0 Å². The SMILES string of the molecule is CC(O)C1CCCN(C(=O)NCc2ccc(Br)cc2)C1. The number of aliphatic hydroxyl groups excluding tert-OH is 1. The first-order valence-electron chi connectivity index (χ1n) is 7.01. The lowest BCUT2D eigenvalue weighted by molar-refractivity contribution is 0.0738. The lowest BCUT2D eigenvalue weighted by Crippen LogP contribution is -2.47. The average molecular weight is 341 g/mol. The summed E-state index contributed by atoms with van der Waals surface area (Å²) in [5, 5.41) is 12.6. The fourth-order valence-corrected chi connectivity index (χ4v) is 2.74. The van der Waals surface area contributed by atoms with Crippen molar-refractivity contribution in [2.75, 3.05) is 13.1 Å². The summed E-state index contributed by atoms with van der Waals surface area (Å²) in [6, 6.07) is 7.86. The van der Waals surface area contributed by atoms with Crippen LogP contribution in [0.1, 0.15) is 25.3 Å². The Balaban J connectivity index is 1.83. The second kappa shape index (κ2) is 7.09. The molecule has 1 fully saturated rings. The number of piperidine rings is 1. The van der Waals surface area contributed by atoms with Crippen LogP contribution in [0.25, 0.3) is 0 Å². The number of aliphatic hydroxyl groups is 1. The molecule has 0 saturated carbocycles. The number of urea groups is 1. The van der Waals surface area contributed by atoms with Gasteiger partial charge in [-0.05, 0) is 37.5 Å². The molecule has 0 spiro atoms. The molecule has 1 aliphatic heterocycles. The molecule has 1 aromatic rings. The van der Waals surface area contributed by atoms with Gasteiger partial charge >= 0.3 is 6.03 Å². The molecule has 0 aliphatic carbocycles. The van der Waals surface area contributed by atoms with E-state index in [4.69, 9.17) is 0 Å². The fourth-order valence-electron chi connectivity index (χ4n) is 2.48. The van der Waals surface area contributed by atoms with Gasteiger partial charge in [-0.2, -0.15) is 0 Å². The highest BCUT2D eigenvalue weighted by Gasteiger charge is 2.26. The molecule has 2 amide bonds. The van der Waals surface area contributed by atoms with Crippen molar-refractivity contribution < 1.29 is 9.90 Å². The maximum Gasteiger partial charge on any atom is 0.317 e. The third kappa shape index (κ3) is 4.21. The summed E-state index contributed by atoms with van der Waals surface area (Å²) in [4.78, 5) is 13.9. The third-order valence-corrected chi connectivity index (χ3v) is 4.31. The Morgan fingerprint density at radius 3 is 2.85 bits per heavy atom. The third-order valence-electron chi connectivity index (χ3n) is 3.78. The number of rotatable bonds is 3. The van der Waals surface area contributed by atoms with E-state index in [1.54, 1.807) is 11.8 Å². The summed E-state index contributed by atoms with van der Waals surface area (Å²) < 4.78 is 1.03. The largest absolute Gasteiger partial charge is 0.393 e. The van der Waals surface area contributed by atoms with Crippen LogP contribution in [-0.4, -0.2) is 35.2 Å². The van der Waals surface area contributed by atoms with Crippen molar-refractivity contribution >= 4 is 22.0 Å². The number of halogens is 1. The number of nitrogens with zero attached hydrogens (tertiary/aromatic N) is 1. The number of carbonyl (C=O) groups excluding carboxylic acids is 1. The van der Waals surface area contributed by atoms with E-state index in [2.05, 4.69) is 21.2 Å². The smallest absolute Gasteiger partial charge is 0.317 e. The molecule has 4 nitrogen and oxygen atoms in total. The number of likely N-dealkylation sites (tertiary alicyclic amines) is 1. The molecule has 2 atom stereocenters. The van der Waals surface area contributed by atoms with Crippen molar-refractivity contribution in [1.82, 2.24) is 10.2 Å². The van der Waals surface area contributed by atoms with Gasteiger partial charge < -0.3 is 15.3 Å². The van der Waals surface area contributed by atoms with Crippen molar-refractivity contribution in [2.45, 2.75) is 32.4 Å². The first kappa shape index (κ1) is 15.3. The minimum atomic E-state index is -0.350. The average Bonchev–Trinajstić information content (AvgIpc) is 2.46. The van der Waals surface area contributed by atoms with Crippen LogP contribution in [0.2, 0.25) is 0 Å². The molecular weight excluding hydrogens is 320 g/mol. The summed E-state index contributed by atoms with van der Waals surface area (Å²) in [5.74, 6) is 0.196. The lowest BCUT2D eigenvalue weighted by atomic mass is 9.94. The van der Waals surface area contributed by atoms with Gasteiger partial charge in [0.15, 0.2) is 0 Å². The Morgan fingerprint density at radius 1 is 1.50 bits per heavy atom. The minimum absolute atomic E-state index is 0.0433. The topological polar surface area (TPSA) is 52.6 Å². The zero-order valence-electron chi connectivity index (χ0n) is 11.7. The van der Waals surface area contributed by atoms with E-state index in [9.17, 15) is 9.90 Å². The number of carbonyl (C=O) groups is 1. The number of benzene rings is 1. The molecule has 1 aliphatic rings. The molecule has 110 valence electrons. The van der Waals surface area contributed by atoms with Crippen LogP contribution in [0.4, 0.5) is 4.79 Å². The molecule has 0 bridgehead atoms. The Kier molecular flexibility index (Phi) is 5.43. The summed E-state index contributed by atoms with van der Waals surface area (Å²) >= 11 is 3.39. The molecule has 0 radical (unpaired) electrons. The monoisotopic (exact) mass is 340 g/mol. The summed E-state index contributed by atoms with van der Waals surface area (Å²) in [5.41, 5.74) is 1.07. The van der Waals surface area contributed by atoms with E-state index in [1.165, 1.54) is 0 Å². The van der Waals surface area contributed by atoms with Gasteiger partial charge in [0.25, 0.3) is 0 Å². The number of amides is 2. The van der Waals surface area contributed by atoms with Gasteiger partial charge in [0.2, 0.25) is 0 Å². The van der Waals surface area contributed by atoms with Crippen molar-refractivity contribution in [3.8, 4) is 0 Å². The van der Waals surface area contributed by atoms with Crippen LogP contribution in [0.15, 0.2) is 28.7 Å². The Morgan fingerprint density at radius 2 is 2.20 bits per heavy atom. The van der Waals surface area contributed by atoms with Crippen LogP contribution >= 0.6 is 15.9 Å². The second-order valence-electron chi connectivity index (χ2n) is 5.37. The Labute approximate surface area is 128 Å². The number of hydrogen-bond donors (Lipinski definition) is 2. The van der Waals surface area contributed by atoms with Crippen LogP contribution in [0.3, 0.4) is 0 Å². The van der Waals surface area contributed by atoms with Crippen LogP contribution in [0, 0.1) is 5.92 Å². The van der Waals surface area contributed by atoms with Crippen molar-refractivity contribution in [1.29, 1.82) is 0 Å². The highest BCUT2D eigenvalue weighted by molar-refractivity contribution is 9.10. The van der Waals surface area contributed by atoms with E-state index < -0.39 is 0 Å². The number of nitrogens with one attached hydrogen (secondary N) is 1. The van der Waals surface area contributed by atoms with Gasteiger partial charge in [-0.15, -0.1) is 0 Å². The summed E-state index contributed by atoms with van der Waals surface area (Å²) in [6.45, 7) is 3.75. The fraction of sp³-hybridized carbons (Fsp3) is 0.533. The molecular formula is C15H21BrN2O2. The standard InChI is InChI=1S/C15H21BrN2O2/c1-11(19)13-3-2-8-18(10-13)15(20)17-9-12-4-6-14(16)7-5-12/h4-7,11,13,19H,2-3,8-10H2,1H3,(H,17,20). The molecule has 5 heteroatoms. The first-order chi connectivity index (χ1) is 9.56. The molecule has 2 unspecified atom stereocenters. The maximum atomic E-state index is 12.1. The van der Waals surface area contributed by atoms with E-state index in [1.807, 2.05) is 24.3 Å². The number of hydrogen-bond acceptors (Lipinski definition) is 2. The highest BCUT2D eigenvalue weighted by Crippen LogP contribution is 2.19. The van der Waals surface area contributed by atoms with Crippen molar-refractivity contribution in [3.05, 3.63) is 34.3 Å². The molecule has 2 N–H and O–H groups in total. The van der Waals surface area contributed by atoms with Crippen LogP contribution < -0.4 is 5.32 Å². The second-order valence-corrected chi connectivity index (χ2v) is 6.29. The minimum Gasteiger partial charge on any atom is -0.393 e. The van der Waals surface area contributed by atoms with Crippen LogP contribution in [0.5, 0.6) is 0 Å². The van der Waals surface area contributed by atoms with Gasteiger partial charge in [-0.25, -0.2) is 4.79 Å². The quantitative estimate of drug-likeness (QED) is 0.888. The van der Waals surface area contributed by atoms with Gasteiger partial charge in [0, 0.05) is 30.0 Å². The van der Waals surface area contributed by atoms with Crippen LogP contribution in [-0.2, 0) is 6.54 Å². The highest BCUT2D eigenvalue weighted by atomic mass is 79.9. The Bertz CT molecular complexity index is 448. The lowest BCUT2D eigenvalue weighted by Gasteiger charge is -2.34. The molecule has 2 rings (SSSR count). The summed E-state index contributed by atoms with van der Waals surface area (Å²) in [7, 11) is 0. The van der Waals surface area contributed by atoms with E-state index in [0.29, 0.717) is 13.1 Å². The maximum absolute atomic E-state index is 12.1. The normalized spacial score (nSPS) is 20.6. The predicted octanol–water partition coefficient (Wildman–Crippen LogP) is 2.75. The van der Waals surface area contributed by atoms with E-state index in [0.717, 1.165) is 29.4 Å². The van der Waals surface area contributed by atoms with Crippen molar-refractivity contribution in [2.24, 2.45) is 5.92 Å². The Hall–Kier alpha value is -1.07. The first-order valence-corrected chi connectivity index (χ1v) is 7.81. The molecule has 20 heavy (non-hydrogen) atoms. The summed E-state index contributed by atoms with van der Waals surface area (Å²) in [6.07, 6.45) is 1.60. The van der Waals surface area contributed by atoms with Gasteiger partial charge in [0.05, 0.1) is 6.10 Å². The van der Waals surface area contributed by atoms with E-state index in [-0.39, 0.29) is 18.1 Å². The zero-order chi connectivity index (χ0) is 14.5. The van der Waals surface area contributed by atoms with Gasteiger partial charge in [0.1, 0.15) is 0 Å².